The lowest BCUT2D eigenvalue weighted by Gasteiger charge is -2.15. The zero-order valence-electron chi connectivity index (χ0n) is 18.0. The van der Waals surface area contributed by atoms with E-state index in [2.05, 4.69) is 15.3 Å². The molecule has 3 heterocycles. The molecular weight excluding hydrogens is 456 g/mol. The van der Waals surface area contributed by atoms with E-state index in [1.165, 1.54) is 27.8 Å². The molecule has 0 atom stereocenters. The molecule has 0 radical (unpaired) electrons. The first-order chi connectivity index (χ1) is 15.9. The summed E-state index contributed by atoms with van der Waals surface area (Å²) in [5, 5.41) is 3.78. The van der Waals surface area contributed by atoms with Crippen LogP contribution in [-0.4, -0.2) is 41.7 Å². The van der Waals surface area contributed by atoms with E-state index in [9.17, 15) is 13.2 Å². The number of nitrogens with one attached hydrogen (secondary N) is 1. The molecule has 2 aromatic carbocycles. The number of carbonyl (C=O) groups is 1. The average molecular weight is 479 g/mol. The lowest BCUT2D eigenvalue weighted by Crippen LogP contribution is -2.27. The molecule has 2 aromatic heterocycles. The third kappa shape index (κ3) is 4.27. The molecule has 0 spiro atoms. The fraction of sp³-hybridized carbons (Fsp3) is 0.208. The molecule has 0 saturated carbocycles. The highest BCUT2D eigenvalue weighted by atomic mass is 32.2. The zero-order valence-corrected chi connectivity index (χ0v) is 19.6. The molecule has 0 aliphatic carbocycles. The third-order valence-electron chi connectivity index (χ3n) is 5.72. The van der Waals surface area contributed by atoms with Crippen molar-refractivity contribution in [1.29, 1.82) is 0 Å². The van der Waals surface area contributed by atoms with Gasteiger partial charge in [-0.2, -0.15) is 4.31 Å². The van der Waals surface area contributed by atoms with Crippen molar-refractivity contribution in [1.82, 2.24) is 14.3 Å². The minimum Gasteiger partial charge on any atom is -0.322 e. The number of fused-ring (bicyclic) bond motifs is 1. The summed E-state index contributed by atoms with van der Waals surface area (Å²) >= 11 is 1.50. The van der Waals surface area contributed by atoms with Gasteiger partial charge in [-0.15, -0.1) is 0 Å². The number of thiazole rings is 1. The van der Waals surface area contributed by atoms with E-state index >= 15 is 0 Å². The molecule has 4 aromatic rings. The highest BCUT2D eigenvalue weighted by Crippen LogP contribution is 2.31. The normalized spacial score (nSPS) is 14.6. The first kappa shape index (κ1) is 21.7. The molecule has 1 N–H and O–H groups in total. The Hall–Kier alpha value is -3.14. The second-order valence-corrected chi connectivity index (χ2v) is 10.9. The maximum atomic E-state index is 12.9. The zero-order chi connectivity index (χ0) is 23.0. The van der Waals surface area contributed by atoms with Gasteiger partial charge in [-0.25, -0.2) is 18.4 Å². The molecule has 1 aliphatic heterocycles. The molecule has 0 bridgehead atoms. The number of hydrogen-bond donors (Lipinski definition) is 1. The number of carbonyl (C=O) groups excluding carboxylic acids is 1. The Kier molecular flexibility index (Phi) is 5.69. The number of aryl methyl sites for hydroxylation is 1. The molecule has 1 amide bonds. The summed E-state index contributed by atoms with van der Waals surface area (Å²) in [4.78, 5) is 22.9. The van der Waals surface area contributed by atoms with Crippen LogP contribution in [-0.2, 0) is 10.0 Å². The van der Waals surface area contributed by atoms with Crippen LogP contribution in [0.15, 0.2) is 65.7 Å². The highest BCUT2D eigenvalue weighted by Gasteiger charge is 2.27. The van der Waals surface area contributed by atoms with E-state index in [4.69, 9.17) is 0 Å². The molecule has 5 rings (SSSR count). The van der Waals surface area contributed by atoms with Gasteiger partial charge in [-0.3, -0.25) is 4.79 Å². The molecular formula is C24H22N4O3S2. The Balaban J connectivity index is 1.37. The Morgan fingerprint density at radius 1 is 1.06 bits per heavy atom. The SMILES string of the molecule is Cc1ccc(-c2nc3cccnc3s2)cc1NC(=O)c1ccc(S(=O)(=O)N2CCCC2)cc1. The third-order valence-corrected chi connectivity index (χ3v) is 8.66. The van der Waals surface area contributed by atoms with E-state index in [0.717, 1.165) is 39.3 Å². The van der Waals surface area contributed by atoms with Gasteiger partial charge >= 0.3 is 0 Å². The van der Waals surface area contributed by atoms with Crippen LogP contribution in [0, 0.1) is 6.92 Å². The van der Waals surface area contributed by atoms with E-state index in [-0.39, 0.29) is 10.8 Å². The van der Waals surface area contributed by atoms with E-state index in [1.807, 2.05) is 37.3 Å². The minimum atomic E-state index is -3.50. The monoisotopic (exact) mass is 478 g/mol. The summed E-state index contributed by atoms with van der Waals surface area (Å²) in [7, 11) is -3.50. The van der Waals surface area contributed by atoms with Crippen LogP contribution in [0.1, 0.15) is 28.8 Å². The molecule has 1 saturated heterocycles. The van der Waals surface area contributed by atoms with E-state index in [0.29, 0.717) is 24.3 Å². The number of anilines is 1. The molecule has 7 nitrogen and oxygen atoms in total. The van der Waals surface area contributed by atoms with Crippen molar-refractivity contribution in [3.05, 3.63) is 71.9 Å². The number of amides is 1. The minimum absolute atomic E-state index is 0.212. The first-order valence-corrected chi connectivity index (χ1v) is 12.9. The van der Waals surface area contributed by atoms with Crippen molar-refractivity contribution in [2.75, 3.05) is 18.4 Å². The van der Waals surface area contributed by atoms with Crippen molar-refractivity contribution in [2.45, 2.75) is 24.7 Å². The van der Waals surface area contributed by atoms with Crippen LogP contribution >= 0.6 is 11.3 Å². The van der Waals surface area contributed by atoms with Crippen LogP contribution < -0.4 is 5.32 Å². The van der Waals surface area contributed by atoms with Gasteiger partial charge in [0, 0.05) is 36.1 Å². The maximum absolute atomic E-state index is 12.9. The first-order valence-electron chi connectivity index (χ1n) is 10.7. The summed E-state index contributed by atoms with van der Waals surface area (Å²) in [5.41, 5.74) is 3.72. The Bertz CT molecular complexity index is 1410. The van der Waals surface area contributed by atoms with Gasteiger partial charge in [-0.1, -0.05) is 23.5 Å². The van der Waals surface area contributed by atoms with Gasteiger partial charge in [0.2, 0.25) is 10.0 Å². The lowest BCUT2D eigenvalue weighted by atomic mass is 10.1. The predicted octanol–water partition coefficient (Wildman–Crippen LogP) is 4.70. The number of sulfonamides is 1. The molecule has 1 aliphatic rings. The molecule has 33 heavy (non-hydrogen) atoms. The van der Waals surface area contributed by atoms with Gasteiger partial charge in [0.05, 0.1) is 4.90 Å². The standard InChI is InChI=1S/C24H22N4O3S2/c1-16-6-7-18(23-27-20-5-4-12-25-24(20)32-23)15-21(16)26-22(29)17-8-10-19(11-9-17)33(30,31)28-13-2-3-14-28/h4-12,15H,2-3,13-14H2,1H3,(H,26,29). The van der Waals surface area contributed by atoms with Gasteiger partial charge in [0.25, 0.3) is 5.91 Å². The second-order valence-electron chi connectivity index (χ2n) is 7.97. The number of benzene rings is 2. The smallest absolute Gasteiger partial charge is 0.255 e. The number of aromatic nitrogens is 2. The lowest BCUT2D eigenvalue weighted by molar-refractivity contribution is 0.102. The van der Waals surface area contributed by atoms with Crippen molar-refractivity contribution < 1.29 is 13.2 Å². The van der Waals surface area contributed by atoms with Gasteiger partial charge in [0.15, 0.2) is 0 Å². The van der Waals surface area contributed by atoms with Gasteiger partial charge in [0.1, 0.15) is 15.4 Å². The van der Waals surface area contributed by atoms with Crippen molar-refractivity contribution >= 4 is 43.3 Å². The van der Waals surface area contributed by atoms with Gasteiger partial charge in [-0.05, 0) is 67.8 Å². The topological polar surface area (TPSA) is 92.3 Å². The van der Waals surface area contributed by atoms with Crippen molar-refractivity contribution in [2.24, 2.45) is 0 Å². The largest absolute Gasteiger partial charge is 0.322 e. The number of rotatable bonds is 5. The van der Waals surface area contributed by atoms with Crippen LogP contribution in [0.5, 0.6) is 0 Å². The molecule has 0 unspecified atom stereocenters. The van der Waals surface area contributed by atoms with Crippen molar-refractivity contribution in [3.63, 3.8) is 0 Å². The second kappa shape index (κ2) is 8.66. The van der Waals surface area contributed by atoms with E-state index in [1.54, 1.807) is 18.3 Å². The Morgan fingerprint density at radius 3 is 2.55 bits per heavy atom. The number of nitrogens with zero attached hydrogens (tertiary/aromatic N) is 3. The van der Waals surface area contributed by atoms with Crippen molar-refractivity contribution in [3.8, 4) is 10.6 Å². The van der Waals surface area contributed by atoms with E-state index < -0.39 is 10.0 Å². The number of hydrogen-bond acceptors (Lipinski definition) is 6. The summed E-state index contributed by atoms with van der Waals surface area (Å²) in [6, 6.07) is 15.7. The van der Waals surface area contributed by atoms with Gasteiger partial charge < -0.3 is 5.32 Å². The predicted molar refractivity (Wildman–Crippen MR) is 130 cm³/mol. The Labute approximate surface area is 196 Å². The maximum Gasteiger partial charge on any atom is 0.255 e. The number of pyridine rings is 1. The summed E-state index contributed by atoms with van der Waals surface area (Å²) < 4.78 is 26.9. The fourth-order valence-corrected chi connectivity index (χ4v) is 6.25. The van der Waals surface area contributed by atoms with Crippen LogP contribution in [0.4, 0.5) is 5.69 Å². The highest BCUT2D eigenvalue weighted by molar-refractivity contribution is 7.89. The quantitative estimate of drug-likeness (QED) is 0.449. The summed E-state index contributed by atoms with van der Waals surface area (Å²) in [6.45, 7) is 3.01. The molecule has 9 heteroatoms. The average Bonchev–Trinajstić information content (AvgIpc) is 3.51. The fourth-order valence-electron chi connectivity index (χ4n) is 3.83. The Morgan fingerprint density at radius 2 is 1.82 bits per heavy atom. The summed E-state index contributed by atoms with van der Waals surface area (Å²) in [5.74, 6) is -0.300. The summed E-state index contributed by atoms with van der Waals surface area (Å²) in [6.07, 6.45) is 3.50. The molecule has 1 fully saturated rings. The molecule has 168 valence electrons. The van der Waals surface area contributed by atoms with Crippen LogP contribution in [0.2, 0.25) is 0 Å². The van der Waals surface area contributed by atoms with Crippen LogP contribution in [0.3, 0.4) is 0 Å². The van der Waals surface area contributed by atoms with Crippen LogP contribution in [0.25, 0.3) is 20.9 Å².